The maximum Gasteiger partial charge on any atom is 0.121 e. The highest BCUT2D eigenvalue weighted by Crippen LogP contribution is 2.35. The lowest BCUT2D eigenvalue weighted by Gasteiger charge is -2.12. The molecule has 48 heavy (non-hydrogen) atoms. The molecule has 3 aromatic carbocycles. The van der Waals surface area contributed by atoms with Gasteiger partial charge in [0.25, 0.3) is 0 Å². The molecule has 5 heterocycles. The van der Waals surface area contributed by atoms with Gasteiger partial charge in [-0.1, -0.05) is 48.5 Å². The summed E-state index contributed by atoms with van der Waals surface area (Å²) >= 11 is 0. The summed E-state index contributed by atoms with van der Waals surface area (Å²) in [5.74, 6) is 0.912. The van der Waals surface area contributed by atoms with E-state index >= 15 is 0 Å². The lowest BCUT2D eigenvalue weighted by molar-refractivity contribution is 0.304. The number of aromatic nitrogens is 5. The number of unbranched alkanes of at least 4 members (excludes halogenated alkanes) is 1. The van der Waals surface area contributed by atoms with Crippen molar-refractivity contribution >= 4 is 56.0 Å². The zero-order valence-electron chi connectivity index (χ0n) is 27.0. The smallest absolute Gasteiger partial charge is 0.121 e. The Kier molecular flexibility index (Phi) is 9.08. The summed E-state index contributed by atoms with van der Waals surface area (Å²) in [7, 11) is 0. The minimum atomic E-state index is 0. The van der Waals surface area contributed by atoms with Gasteiger partial charge in [0.1, 0.15) is 5.75 Å². The third-order valence-corrected chi connectivity index (χ3v) is 9.28. The molecule has 6 nitrogen and oxygen atoms in total. The van der Waals surface area contributed by atoms with Crippen LogP contribution in [0.25, 0.3) is 54.9 Å². The zero-order valence-corrected chi connectivity index (χ0v) is 27.9. The Hall–Kier alpha value is -5.20. The fraction of sp³-hybridized carbons (Fsp3) is 0.195. The Labute approximate surface area is 286 Å². The summed E-state index contributed by atoms with van der Waals surface area (Å²) < 4.78 is 11.3. The van der Waals surface area contributed by atoms with Gasteiger partial charge in [-0.15, -0.1) is 12.4 Å². The molecule has 5 aromatic heterocycles. The van der Waals surface area contributed by atoms with Crippen LogP contribution in [0, 0.1) is 6.92 Å². The van der Waals surface area contributed by atoms with Crippen molar-refractivity contribution < 1.29 is 4.74 Å². The van der Waals surface area contributed by atoms with E-state index in [2.05, 4.69) is 117 Å². The molecule has 0 saturated heterocycles. The number of nitrogens with zero attached hydrogens (tertiary/aromatic N) is 5. The first-order valence-electron chi connectivity index (χ1n) is 16.6. The number of halogens is 1. The normalized spacial score (nSPS) is 11.4. The van der Waals surface area contributed by atoms with Crippen molar-refractivity contribution in [2.45, 2.75) is 45.7 Å². The first-order valence-corrected chi connectivity index (χ1v) is 16.6. The largest absolute Gasteiger partial charge is 0.494 e. The van der Waals surface area contributed by atoms with E-state index in [0.717, 1.165) is 67.0 Å². The molecule has 0 unspecified atom stereocenters. The monoisotopic (exact) mass is 651 g/mol. The summed E-state index contributed by atoms with van der Waals surface area (Å²) in [6, 6.07) is 34.3. The van der Waals surface area contributed by atoms with Gasteiger partial charge in [-0.2, -0.15) is 0 Å². The van der Waals surface area contributed by atoms with E-state index in [1.54, 1.807) is 6.20 Å². The zero-order chi connectivity index (χ0) is 31.6. The Morgan fingerprint density at radius 1 is 0.625 bits per heavy atom. The number of hydrogen-bond acceptors (Lipinski definition) is 4. The number of hydrogen-bond donors (Lipinski definition) is 0. The van der Waals surface area contributed by atoms with E-state index in [1.807, 2.05) is 24.7 Å². The Balaban J connectivity index is 0.00000364. The Bertz CT molecular complexity index is 2330. The average molecular weight is 652 g/mol. The second-order valence-electron chi connectivity index (χ2n) is 12.2. The molecule has 0 N–H and O–H groups in total. The molecule has 0 bridgehead atoms. The van der Waals surface area contributed by atoms with Crippen LogP contribution in [0.3, 0.4) is 0 Å². The van der Waals surface area contributed by atoms with E-state index in [4.69, 9.17) is 9.72 Å². The molecule has 7 heteroatoms. The molecule has 0 aliphatic carbocycles. The van der Waals surface area contributed by atoms with Gasteiger partial charge in [0.15, 0.2) is 0 Å². The molecular formula is C41H38ClN5O. The fourth-order valence-electron chi connectivity index (χ4n) is 7.12. The van der Waals surface area contributed by atoms with Crippen LogP contribution >= 0.6 is 12.4 Å². The minimum Gasteiger partial charge on any atom is -0.494 e. The summed E-state index contributed by atoms with van der Waals surface area (Å²) in [5, 5.41) is 4.99. The van der Waals surface area contributed by atoms with Gasteiger partial charge in [-0.05, 0) is 80.6 Å². The molecule has 0 radical (unpaired) electrons. The predicted octanol–water partition coefficient (Wildman–Crippen LogP) is 9.98. The number of aryl methyl sites for hydroxylation is 4. The third kappa shape index (κ3) is 5.88. The van der Waals surface area contributed by atoms with E-state index in [0.29, 0.717) is 6.61 Å². The summed E-state index contributed by atoms with van der Waals surface area (Å²) in [4.78, 5) is 13.8. The van der Waals surface area contributed by atoms with Gasteiger partial charge >= 0.3 is 0 Å². The summed E-state index contributed by atoms with van der Waals surface area (Å²) in [6.07, 6.45) is 11.6. The fourth-order valence-corrected chi connectivity index (χ4v) is 7.12. The van der Waals surface area contributed by atoms with Crippen molar-refractivity contribution in [2.24, 2.45) is 0 Å². The first kappa shape index (κ1) is 31.4. The van der Waals surface area contributed by atoms with Gasteiger partial charge in [-0.3, -0.25) is 15.0 Å². The molecule has 0 aliphatic heterocycles. The van der Waals surface area contributed by atoms with Crippen molar-refractivity contribution in [2.75, 3.05) is 6.61 Å². The molecule has 8 rings (SSSR count). The standard InChI is InChI=1S/C41H37N5O.ClH/c1-29-40-35(19-22-43-29)34-18-17-32(27-38(34)46(40)25-10-13-30-11-3-2-4-12-30)47-26-8-7-24-45-37-16-6-5-15-33(37)36-20-23-44-39(41(36)45)31-14-9-21-42-28-31;/h2-6,9,11-12,14-23,27-28H,7-8,10,13,24-26H2,1H3;1H. The number of pyridine rings is 3. The molecular weight excluding hydrogens is 614 g/mol. The molecule has 0 fully saturated rings. The molecule has 0 atom stereocenters. The highest BCUT2D eigenvalue weighted by atomic mass is 35.5. The average Bonchev–Trinajstić information content (AvgIpc) is 3.62. The highest BCUT2D eigenvalue weighted by Gasteiger charge is 2.17. The maximum atomic E-state index is 6.40. The predicted molar refractivity (Wildman–Crippen MR) is 199 cm³/mol. The Morgan fingerprint density at radius 2 is 1.38 bits per heavy atom. The van der Waals surface area contributed by atoms with Gasteiger partial charge in [-0.25, -0.2) is 0 Å². The molecule has 8 aromatic rings. The van der Waals surface area contributed by atoms with Crippen molar-refractivity contribution in [3.05, 3.63) is 133 Å². The van der Waals surface area contributed by atoms with Gasteiger partial charge in [0.05, 0.1) is 34.5 Å². The van der Waals surface area contributed by atoms with Crippen LogP contribution < -0.4 is 4.74 Å². The number of fused-ring (bicyclic) bond motifs is 6. The van der Waals surface area contributed by atoms with E-state index in [-0.39, 0.29) is 12.4 Å². The number of ether oxygens (including phenoxy) is 1. The van der Waals surface area contributed by atoms with Crippen LogP contribution in [0.2, 0.25) is 0 Å². The summed E-state index contributed by atoms with van der Waals surface area (Å²) in [5.41, 5.74) is 9.27. The van der Waals surface area contributed by atoms with E-state index < -0.39 is 0 Å². The lowest BCUT2D eigenvalue weighted by atomic mass is 10.1. The van der Waals surface area contributed by atoms with Crippen molar-refractivity contribution in [3.63, 3.8) is 0 Å². The second-order valence-corrected chi connectivity index (χ2v) is 12.2. The van der Waals surface area contributed by atoms with Gasteiger partial charge in [0, 0.05) is 76.6 Å². The summed E-state index contributed by atoms with van der Waals surface area (Å²) in [6.45, 7) is 4.58. The van der Waals surface area contributed by atoms with E-state index in [9.17, 15) is 0 Å². The van der Waals surface area contributed by atoms with Crippen LogP contribution in [0.5, 0.6) is 5.75 Å². The molecule has 0 amide bonds. The van der Waals surface area contributed by atoms with Crippen LogP contribution in [-0.4, -0.2) is 30.7 Å². The lowest BCUT2D eigenvalue weighted by Crippen LogP contribution is -2.04. The maximum absolute atomic E-state index is 6.40. The van der Waals surface area contributed by atoms with Crippen LogP contribution in [0.1, 0.15) is 30.5 Å². The van der Waals surface area contributed by atoms with Crippen LogP contribution in [0.15, 0.2) is 122 Å². The highest BCUT2D eigenvalue weighted by molar-refractivity contribution is 6.12. The third-order valence-electron chi connectivity index (χ3n) is 9.28. The topological polar surface area (TPSA) is 57.8 Å². The molecule has 0 aliphatic rings. The van der Waals surface area contributed by atoms with Crippen LogP contribution in [-0.2, 0) is 19.5 Å². The number of benzene rings is 3. The minimum absolute atomic E-state index is 0. The van der Waals surface area contributed by atoms with Crippen LogP contribution in [0.4, 0.5) is 0 Å². The van der Waals surface area contributed by atoms with Crippen molar-refractivity contribution in [1.29, 1.82) is 0 Å². The molecule has 0 spiro atoms. The van der Waals surface area contributed by atoms with Crippen molar-refractivity contribution in [3.8, 4) is 17.0 Å². The Morgan fingerprint density at radius 3 is 2.23 bits per heavy atom. The molecule has 0 saturated carbocycles. The van der Waals surface area contributed by atoms with Gasteiger partial charge in [0.2, 0.25) is 0 Å². The number of para-hydroxylation sites is 1. The van der Waals surface area contributed by atoms with Crippen molar-refractivity contribution in [1.82, 2.24) is 24.1 Å². The molecule has 240 valence electrons. The van der Waals surface area contributed by atoms with E-state index in [1.165, 1.54) is 43.7 Å². The number of rotatable bonds is 11. The first-order chi connectivity index (χ1) is 23.3. The quantitative estimate of drug-likeness (QED) is 0.131. The van der Waals surface area contributed by atoms with Gasteiger partial charge < -0.3 is 13.9 Å². The second kappa shape index (κ2) is 13.9. The SMILES string of the molecule is Cc1nccc2c3ccc(OCCCCn4c5ccccc5c5ccnc(-c6cccnc6)c54)cc3n(CCCc3ccccc3)c12.Cl.